The molecule has 4 aliphatic rings. The van der Waals surface area contributed by atoms with E-state index in [1.807, 2.05) is 6.92 Å². The molecule has 0 heterocycles. The molecule has 4 aliphatic carbocycles. The Morgan fingerprint density at radius 2 is 1.64 bits per heavy atom. The number of hydrogen-bond acceptors (Lipinski definition) is 1. The third kappa shape index (κ3) is 3.67. The van der Waals surface area contributed by atoms with Crippen molar-refractivity contribution in [3.05, 3.63) is 0 Å². The summed E-state index contributed by atoms with van der Waals surface area (Å²) >= 11 is 0. The molecule has 4 fully saturated rings. The first kappa shape index (κ1) is 25.3. The van der Waals surface area contributed by atoms with Gasteiger partial charge in [0.2, 0.25) is 0 Å². The third-order valence-electron chi connectivity index (χ3n) is 12.6. The van der Waals surface area contributed by atoms with Crippen LogP contribution in [0.3, 0.4) is 0 Å². The van der Waals surface area contributed by atoms with Crippen LogP contribution in [0.25, 0.3) is 0 Å². The minimum atomic E-state index is 0.215. The molecule has 0 aromatic rings. The van der Waals surface area contributed by atoms with E-state index in [0.717, 1.165) is 48.7 Å². The maximum absolute atomic E-state index is 11.1. The Kier molecular flexibility index (Phi) is 6.24. The van der Waals surface area contributed by atoms with Gasteiger partial charge in [0, 0.05) is 11.8 Å². The highest BCUT2D eigenvalue weighted by molar-refractivity contribution is 5.49. The molecule has 0 aromatic carbocycles. The van der Waals surface area contributed by atoms with Crippen LogP contribution in [-0.2, 0) is 4.79 Å². The molecule has 0 bridgehead atoms. The van der Waals surface area contributed by atoms with Crippen molar-refractivity contribution in [2.24, 2.45) is 62.6 Å². The van der Waals surface area contributed by atoms with E-state index in [-0.39, 0.29) is 5.41 Å². The molecule has 1 heteroatoms. The fourth-order valence-electron chi connectivity index (χ4n) is 10.7. The van der Waals surface area contributed by atoms with E-state index in [4.69, 9.17) is 0 Å². The van der Waals surface area contributed by atoms with Gasteiger partial charge in [-0.25, -0.2) is 0 Å². The Balaban J connectivity index is 1.72. The lowest BCUT2D eigenvalue weighted by Crippen LogP contribution is -2.63. The van der Waals surface area contributed by atoms with Crippen molar-refractivity contribution < 1.29 is 4.79 Å². The molecule has 0 spiro atoms. The number of aldehydes is 1. The first-order valence-electron chi connectivity index (χ1n) is 14.1. The molecule has 0 saturated heterocycles. The monoisotopic (exact) mass is 452 g/mol. The molecule has 0 radical (unpaired) electrons. The van der Waals surface area contributed by atoms with Crippen LogP contribution in [0.5, 0.6) is 0 Å². The summed E-state index contributed by atoms with van der Waals surface area (Å²) < 4.78 is 0. The van der Waals surface area contributed by atoms with Crippen molar-refractivity contribution in [3.8, 4) is 11.8 Å². The average Bonchev–Trinajstić information content (AvgIpc) is 3.07. The van der Waals surface area contributed by atoms with Crippen molar-refractivity contribution in [2.75, 3.05) is 0 Å². The average molecular weight is 453 g/mol. The molecule has 0 aliphatic heterocycles. The molecule has 4 rings (SSSR count). The van der Waals surface area contributed by atoms with E-state index in [2.05, 4.69) is 67.2 Å². The fourth-order valence-corrected chi connectivity index (χ4v) is 10.7. The summed E-state index contributed by atoms with van der Waals surface area (Å²) in [5, 5.41) is 0. The van der Waals surface area contributed by atoms with Gasteiger partial charge < -0.3 is 4.79 Å². The van der Waals surface area contributed by atoms with Crippen molar-refractivity contribution in [2.45, 2.75) is 120 Å². The van der Waals surface area contributed by atoms with E-state index >= 15 is 0 Å². The second-order valence-corrected chi connectivity index (χ2v) is 15.0. The number of carbonyl (C=O) groups is 1. The van der Waals surface area contributed by atoms with Gasteiger partial charge in [0.15, 0.2) is 0 Å². The maximum atomic E-state index is 11.1. The molecular formula is C32H52O. The first-order chi connectivity index (χ1) is 15.3. The van der Waals surface area contributed by atoms with Crippen molar-refractivity contribution in [1.82, 2.24) is 0 Å². The number of rotatable bonds is 4. The topological polar surface area (TPSA) is 17.1 Å². The Morgan fingerprint density at radius 3 is 2.27 bits per heavy atom. The SMILES string of the molecule is CC#CC1(C)CC[C@@]2(C)[C@@H](C1)CC(C)(C)[C@@H]1[C@@H]2CC(C)(C)[C@]2(C)C(C(C)CCC=O)CC[C@@H]12. The second kappa shape index (κ2) is 8.14. The highest BCUT2D eigenvalue weighted by Gasteiger charge is 2.69. The highest BCUT2D eigenvalue weighted by atomic mass is 16.1. The zero-order chi connectivity index (χ0) is 24.4. The molecule has 1 nitrogen and oxygen atoms in total. The van der Waals surface area contributed by atoms with Gasteiger partial charge in [-0.1, -0.05) is 54.4 Å². The fraction of sp³-hybridized carbons (Fsp3) is 0.906. The standard InChI is InChI=1S/C32H52O/c1-10-15-30(7)16-17-31(8)23(20-30)19-28(3,4)27-25-14-13-24(22(2)12-11-18-33)32(25,9)29(5,6)21-26(27)31/h18,22-27H,11-14,16-17,19-21H2,1-9H3/t22?,23-,24?,25+,26+,27+,30?,31+,32-/m1/s1. The Labute approximate surface area is 205 Å². The van der Waals surface area contributed by atoms with Gasteiger partial charge in [-0.2, -0.15) is 0 Å². The van der Waals surface area contributed by atoms with Gasteiger partial charge in [0.1, 0.15) is 6.29 Å². The summed E-state index contributed by atoms with van der Waals surface area (Å²) in [6, 6.07) is 0. The smallest absolute Gasteiger partial charge is 0.120 e. The first-order valence-corrected chi connectivity index (χ1v) is 14.1. The van der Waals surface area contributed by atoms with Gasteiger partial charge in [0.05, 0.1) is 0 Å². The molecule has 3 unspecified atom stereocenters. The summed E-state index contributed by atoms with van der Waals surface area (Å²) in [6.07, 6.45) is 12.4. The van der Waals surface area contributed by atoms with E-state index in [9.17, 15) is 4.79 Å². The van der Waals surface area contributed by atoms with Gasteiger partial charge in [-0.15, -0.1) is 5.92 Å². The molecule has 0 aromatic heterocycles. The van der Waals surface area contributed by atoms with Crippen LogP contribution in [0.2, 0.25) is 0 Å². The second-order valence-electron chi connectivity index (χ2n) is 15.0. The van der Waals surface area contributed by atoms with E-state index in [0.29, 0.717) is 27.6 Å². The van der Waals surface area contributed by atoms with Crippen LogP contribution >= 0.6 is 0 Å². The minimum Gasteiger partial charge on any atom is -0.303 e. The van der Waals surface area contributed by atoms with E-state index in [1.54, 1.807) is 0 Å². The van der Waals surface area contributed by atoms with Gasteiger partial charge in [-0.3, -0.25) is 0 Å². The molecule has 0 N–H and O–H groups in total. The van der Waals surface area contributed by atoms with Crippen LogP contribution in [0.15, 0.2) is 0 Å². The molecule has 9 atom stereocenters. The zero-order valence-corrected chi connectivity index (χ0v) is 23.3. The minimum absolute atomic E-state index is 0.215. The summed E-state index contributed by atoms with van der Waals surface area (Å²) in [7, 11) is 0. The van der Waals surface area contributed by atoms with Crippen LogP contribution in [0.4, 0.5) is 0 Å². The third-order valence-corrected chi connectivity index (χ3v) is 12.6. The number of carbonyl (C=O) groups excluding carboxylic acids is 1. The van der Waals surface area contributed by atoms with Crippen LogP contribution in [0, 0.1) is 74.4 Å². The summed E-state index contributed by atoms with van der Waals surface area (Å²) in [5.41, 5.74) is 1.81. The Morgan fingerprint density at radius 1 is 0.939 bits per heavy atom. The predicted molar refractivity (Wildman–Crippen MR) is 140 cm³/mol. The normalized spacial score (nSPS) is 48.5. The highest BCUT2D eigenvalue weighted by Crippen LogP contribution is 2.76. The van der Waals surface area contributed by atoms with E-state index < -0.39 is 0 Å². The molecule has 0 amide bonds. The lowest BCUT2D eigenvalue weighted by atomic mass is 9.34. The summed E-state index contributed by atoms with van der Waals surface area (Å²) in [5.74, 6) is 11.6. The van der Waals surface area contributed by atoms with Crippen LogP contribution in [0.1, 0.15) is 120 Å². The molecular weight excluding hydrogens is 400 g/mol. The van der Waals surface area contributed by atoms with Crippen LogP contribution in [-0.4, -0.2) is 6.29 Å². The molecule has 186 valence electrons. The van der Waals surface area contributed by atoms with E-state index in [1.165, 1.54) is 44.9 Å². The number of fused-ring (bicyclic) bond motifs is 5. The maximum Gasteiger partial charge on any atom is 0.120 e. The van der Waals surface area contributed by atoms with Gasteiger partial charge >= 0.3 is 0 Å². The lowest BCUT2D eigenvalue weighted by molar-refractivity contribution is -0.216. The van der Waals surface area contributed by atoms with Crippen molar-refractivity contribution >= 4 is 6.29 Å². The summed E-state index contributed by atoms with van der Waals surface area (Å²) in [4.78, 5) is 11.1. The zero-order valence-electron chi connectivity index (χ0n) is 23.3. The quantitative estimate of drug-likeness (QED) is 0.308. The largest absolute Gasteiger partial charge is 0.303 e. The predicted octanol–water partition coefficient (Wildman–Crippen LogP) is 8.56. The van der Waals surface area contributed by atoms with Crippen molar-refractivity contribution in [1.29, 1.82) is 0 Å². The Bertz CT molecular complexity index is 825. The number of hydrogen-bond donors (Lipinski definition) is 0. The lowest BCUT2D eigenvalue weighted by Gasteiger charge is -2.70. The van der Waals surface area contributed by atoms with Gasteiger partial charge in [-0.05, 0) is 122 Å². The van der Waals surface area contributed by atoms with Crippen LogP contribution < -0.4 is 0 Å². The molecule has 33 heavy (non-hydrogen) atoms. The summed E-state index contributed by atoms with van der Waals surface area (Å²) in [6.45, 7) is 22.8. The van der Waals surface area contributed by atoms with Gasteiger partial charge in [0.25, 0.3) is 0 Å². The Hall–Kier alpha value is -0.770. The van der Waals surface area contributed by atoms with Crippen molar-refractivity contribution in [3.63, 3.8) is 0 Å². The molecule has 4 saturated carbocycles.